The van der Waals surface area contributed by atoms with E-state index in [0.717, 1.165) is 5.56 Å². The van der Waals surface area contributed by atoms with Crippen LogP contribution in [-0.2, 0) is 6.54 Å². The van der Waals surface area contributed by atoms with Gasteiger partial charge < -0.3 is 4.42 Å². The molecule has 0 amide bonds. The molecule has 1 aromatic heterocycles. The molecule has 0 radical (unpaired) electrons. The lowest BCUT2D eigenvalue weighted by Crippen LogP contribution is -2.32. The number of benzene rings is 1. The summed E-state index contributed by atoms with van der Waals surface area (Å²) in [4.78, 5) is 2.32. The minimum Gasteiger partial charge on any atom is -0.419 e. The first-order valence-electron chi connectivity index (χ1n) is 7.51. The quantitative estimate of drug-likeness (QED) is 0.851. The maximum atomic E-state index is 6.16. The first kappa shape index (κ1) is 14.5. The highest BCUT2D eigenvalue weighted by Crippen LogP contribution is 2.27. The van der Waals surface area contributed by atoms with Crippen molar-refractivity contribution in [2.45, 2.75) is 44.7 Å². The smallest absolute Gasteiger partial charge is 0.249 e. The molecule has 1 aliphatic rings. The fourth-order valence-corrected chi connectivity index (χ4v) is 3.14. The second-order valence-corrected chi connectivity index (χ2v) is 6.09. The van der Waals surface area contributed by atoms with Crippen LogP contribution in [0.3, 0.4) is 0 Å². The monoisotopic (exact) mass is 305 g/mol. The van der Waals surface area contributed by atoms with Gasteiger partial charge in [-0.05, 0) is 32.0 Å². The minimum atomic E-state index is 0.493. The Hall–Kier alpha value is -1.39. The molecule has 1 fully saturated rings. The van der Waals surface area contributed by atoms with Crippen molar-refractivity contribution in [3.8, 4) is 11.5 Å². The van der Waals surface area contributed by atoms with Crippen molar-refractivity contribution >= 4 is 11.6 Å². The first-order chi connectivity index (χ1) is 10.2. The molecule has 1 aliphatic carbocycles. The second kappa shape index (κ2) is 6.58. The Labute approximate surface area is 130 Å². The van der Waals surface area contributed by atoms with Crippen LogP contribution in [-0.4, -0.2) is 28.2 Å². The zero-order chi connectivity index (χ0) is 14.7. The van der Waals surface area contributed by atoms with Crippen molar-refractivity contribution in [1.82, 2.24) is 15.1 Å². The van der Waals surface area contributed by atoms with Gasteiger partial charge >= 0.3 is 0 Å². The molecular weight excluding hydrogens is 286 g/mol. The summed E-state index contributed by atoms with van der Waals surface area (Å²) in [5, 5.41) is 8.90. The maximum Gasteiger partial charge on any atom is 0.249 e. The van der Waals surface area contributed by atoms with Crippen molar-refractivity contribution < 1.29 is 4.42 Å². The molecule has 1 saturated carbocycles. The molecule has 2 aromatic rings. The van der Waals surface area contributed by atoms with Crippen LogP contribution in [0.25, 0.3) is 11.5 Å². The summed E-state index contributed by atoms with van der Waals surface area (Å²) in [5.74, 6) is 1.14. The molecule has 1 heterocycles. The molecule has 0 N–H and O–H groups in total. The van der Waals surface area contributed by atoms with E-state index in [1.807, 2.05) is 24.3 Å². The molecule has 0 spiro atoms. The summed E-state index contributed by atoms with van der Waals surface area (Å²) in [5.41, 5.74) is 0.790. The molecule has 1 aromatic carbocycles. The van der Waals surface area contributed by atoms with Crippen molar-refractivity contribution in [1.29, 1.82) is 0 Å². The largest absolute Gasteiger partial charge is 0.419 e. The average molecular weight is 306 g/mol. The van der Waals surface area contributed by atoms with Crippen LogP contribution >= 0.6 is 11.6 Å². The van der Waals surface area contributed by atoms with Gasteiger partial charge in [-0.3, -0.25) is 4.90 Å². The van der Waals surface area contributed by atoms with Gasteiger partial charge in [0, 0.05) is 6.04 Å². The average Bonchev–Trinajstić information content (AvgIpc) is 2.97. The third-order valence-corrected chi connectivity index (χ3v) is 4.48. The van der Waals surface area contributed by atoms with E-state index in [4.69, 9.17) is 16.0 Å². The van der Waals surface area contributed by atoms with Crippen molar-refractivity contribution in [2.24, 2.45) is 0 Å². The number of halogens is 1. The summed E-state index contributed by atoms with van der Waals surface area (Å²) in [6, 6.07) is 8.16. The van der Waals surface area contributed by atoms with E-state index >= 15 is 0 Å². The van der Waals surface area contributed by atoms with E-state index in [0.29, 0.717) is 29.4 Å². The number of nitrogens with zero attached hydrogens (tertiary/aromatic N) is 3. The fourth-order valence-electron chi connectivity index (χ4n) is 2.93. The van der Waals surface area contributed by atoms with Crippen molar-refractivity contribution in [3.63, 3.8) is 0 Å². The predicted molar refractivity (Wildman–Crippen MR) is 83.1 cm³/mol. The zero-order valence-corrected chi connectivity index (χ0v) is 13.0. The van der Waals surface area contributed by atoms with Crippen LogP contribution in [0, 0.1) is 0 Å². The Morgan fingerprint density at radius 1 is 1.19 bits per heavy atom. The normalized spacial score (nSPS) is 16.5. The third kappa shape index (κ3) is 3.44. The summed E-state index contributed by atoms with van der Waals surface area (Å²) >= 11 is 6.16. The lowest BCUT2D eigenvalue weighted by molar-refractivity contribution is 0.170. The van der Waals surface area contributed by atoms with Crippen LogP contribution in [0.2, 0.25) is 5.02 Å². The van der Waals surface area contributed by atoms with Gasteiger partial charge in [-0.2, -0.15) is 0 Å². The Kier molecular flexibility index (Phi) is 4.56. The van der Waals surface area contributed by atoms with E-state index in [-0.39, 0.29) is 0 Å². The number of hydrogen-bond acceptors (Lipinski definition) is 4. The van der Waals surface area contributed by atoms with E-state index in [1.165, 1.54) is 32.1 Å². The number of hydrogen-bond donors (Lipinski definition) is 0. The highest BCUT2D eigenvalue weighted by Gasteiger charge is 2.20. The fraction of sp³-hybridized carbons (Fsp3) is 0.500. The third-order valence-electron chi connectivity index (χ3n) is 4.15. The van der Waals surface area contributed by atoms with E-state index in [9.17, 15) is 0 Å². The van der Waals surface area contributed by atoms with Gasteiger partial charge in [0.1, 0.15) is 0 Å². The summed E-state index contributed by atoms with van der Waals surface area (Å²) < 4.78 is 5.76. The first-order valence-corrected chi connectivity index (χ1v) is 7.89. The zero-order valence-electron chi connectivity index (χ0n) is 12.3. The second-order valence-electron chi connectivity index (χ2n) is 5.69. The standard InChI is InChI=1S/C16H20ClN3O/c1-20(12-7-3-2-4-8-12)11-15-18-19-16(21-15)13-9-5-6-10-14(13)17/h5-6,9-10,12H,2-4,7-8,11H2,1H3. The van der Waals surface area contributed by atoms with Crippen LogP contribution < -0.4 is 0 Å². The van der Waals surface area contributed by atoms with Gasteiger partial charge in [-0.1, -0.05) is 43.0 Å². The van der Waals surface area contributed by atoms with Crippen LogP contribution in [0.4, 0.5) is 0 Å². The molecule has 0 saturated heterocycles. The number of aromatic nitrogens is 2. The van der Waals surface area contributed by atoms with Crippen LogP contribution in [0.1, 0.15) is 38.0 Å². The van der Waals surface area contributed by atoms with Gasteiger partial charge in [0.25, 0.3) is 0 Å². The van der Waals surface area contributed by atoms with E-state index < -0.39 is 0 Å². The predicted octanol–water partition coefficient (Wildman–Crippen LogP) is 4.15. The molecule has 112 valence electrons. The highest BCUT2D eigenvalue weighted by molar-refractivity contribution is 6.33. The maximum absolute atomic E-state index is 6.16. The molecule has 4 nitrogen and oxygen atoms in total. The Morgan fingerprint density at radius 3 is 2.71 bits per heavy atom. The Bertz CT molecular complexity index is 593. The summed E-state index contributed by atoms with van der Waals surface area (Å²) in [7, 11) is 2.13. The van der Waals surface area contributed by atoms with E-state index in [2.05, 4.69) is 22.1 Å². The van der Waals surface area contributed by atoms with E-state index in [1.54, 1.807) is 0 Å². The molecule has 0 aliphatic heterocycles. The summed E-state index contributed by atoms with van der Waals surface area (Å²) in [6.45, 7) is 0.697. The van der Waals surface area contributed by atoms with Gasteiger partial charge in [0.15, 0.2) is 0 Å². The minimum absolute atomic E-state index is 0.493. The molecule has 0 bridgehead atoms. The van der Waals surface area contributed by atoms with Crippen LogP contribution in [0.5, 0.6) is 0 Å². The Balaban J connectivity index is 1.69. The molecule has 0 unspecified atom stereocenters. The molecule has 3 rings (SSSR count). The van der Waals surface area contributed by atoms with Crippen molar-refractivity contribution in [3.05, 3.63) is 35.2 Å². The molecule has 5 heteroatoms. The van der Waals surface area contributed by atoms with Gasteiger partial charge in [0.2, 0.25) is 11.8 Å². The SMILES string of the molecule is CN(Cc1nnc(-c2ccccc2Cl)o1)C1CCCCC1. The Morgan fingerprint density at radius 2 is 1.95 bits per heavy atom. The topological polar surface area (TPSA) is 42.2 Å². The molecule has 0 atom stereocenters. The molecular formula is C16H20ClN3O. The van der Waals surface area contributed by atoms with Gasteiger partial charge in [-0.25, -0.2) is 0 Å². The molecule has 21 heavy (non-hydrogen) atoms. The van der Waals surface area contributed by atoms with Gasteiger partial charge in [-0.15, -0.1) is 10.2 Å². The van der Waals surface area contributed by atoms with Gasteiger partial charge in [0.05, 0.1) is 17.1 Å². The highest BCUT2D eigenvalue weighted by atomic mass is 35.5. The summed E-state index contributed by atoms with van der Waals surface area (Å²) in [6.07, 6.45) is 6.54. The van der Waals surface area contributed by atoms with Crippen molar-refractivity contribution in [2.75, 3.05) is 7.05 Å². The lowest BCUT2D eigenvalue weighted by atomic mass is 9.94. The number of rotatable bonds is 4. The lowest BCUT2D eigenvalue weighted by Gasteiger charge is -2.29. The van der Waals surface area contributed by atoms with Crippen LogP contribution in [0.15, 0.2) is 28.7 Å².